The highest BCUT2D eigenvalue weighted by molar-refractivity contribution is 14.0. The molecule has 2 heterocycles. The average molecular weight is 470 g/mol. The van der Waals surface area contributed by atoms with Crippen molar-refractivity contribution in [3.05, 3.63) is 42.1 Å². The molecule has 1 aromatic heterocycles. The quantitative estimate of drug-likeness (QED) is 0.396. The lowest BCUT2D eigenvalue weighted by molar-refractivity contribution is 0.584. The SMILES string of the molecule is CN=C(NCCc1ccc2ccccc2n1)NCC1(C)CCCS1.I. The molecular formula is C19H27IN4S. The van der Waals surface area contributed by atoms with Crippen molar-refractivity contribution in [2.45, 2.75) is 30.9 Å². The summed E-state index contributed by atoms with van der Waals surface area (Å²) >= 11 is 2.06. The van der Waals surface area contributed by atoms with Gasteiger partial charge in [-0.3, -0.25) is 9.98 Å². The Bertz CT molecular complexity index is 713. The van der Waals surface area contributed by atoms with Gasteiger partial charge < -0.3 is 10.6 Å². The van der Waals surface area contributed by atoms with Crippen molar-refractivity contribution >= 4 is 52.6 Å². The number of aromatic nitrogens is 1. The maximum Gasteiger partial charge on any atom is 0.191 e. The first kappa shape index (κ1) is 20.3. The van der Waals surface area contributed by atoms with Crippen LogP contribution in [0, 0.1) is 0 Å². The van der Waals surface area contributed by atoms with Crippen molar-refractivity contribution in [2.75, 3.05) is 25.9 Å². The Labute approximate surface area is 171 Å². The summed E-state index contributed by atoms with van der Waals surface area (Å²) < 4.78 is 0.345. The van der Waals surface area contributed by atoms with Crippen molar-refractivity contribution in [1.82, 2.24) is 15.6 Å². The molecule has 1 unspecified atom stereocenters. The second-order valence-corrected chi connectivity index (χ2v) is 8.18. The van der Waals surface area contributed by atoms with Crippen LogP contribution in [0.25, 0.3) is 10.9 Å². The Morgan fingerprint density at radius 2 is 2.08 bits per heavy atom. The number of hydrogen-bond acceptors (Lipinski definition) is 3. The van der Waals surface area contributed by atoms with E-state index in [1.165, 1.54) is 24.0 Å². The Morgan fingerprint density at radius 3 is 2.84 bits per heavy atom. The number of benzene rings is 1. The van der Waals surface area contributed by atoms with Gasteiger partial charge >= 0.3 is 0 Å². The summed E-state index contributed by atoms with van der Waals surface area (Å²) in [5.74, 6) is 2.15. The lowest BCUT2D eigenvalue weighted by Crippen LogP contribution is -2.44. The molecule has 0 bridgehead atoms. The number of para-hydroxylation sites is 1. The van der Waals surface area contributed by atoms with Crippen LogP contribution in [-0.2, 0) is 6.42 Å². The minimum Gasteiger partial charge on any atom is -0.356 e. The van der Waals surface area contributed by atoms with Gasteiger partial charge in [-0.25, -0.2) is 0 Å². The molecule has 136 valence electrons. The molecule has 1 aromatic carbocycles. The number of halogens is 1. The number of nitrogens with zero attached hydrogens (tertiary/aromatic N) is 2. The predicted molar refractivity (Wildman–Crippen MR) is 120 cm³/mol. The minimum atomic E-state index is 0. The van der Waals surface area contributed by atoms with Gasteiger partial charge in [0.1, 0.15) is 0 Å². The predicted octanol–water partition coefficient (Wildman–Crippen LogP) is 3.85. The van der Waals surface area contributed by atoms with E-state index in [0.29, 0.717) is 4.75 Å². The Morgan fingerprint density at radius 1 is 1.24 bits per heavy atom. The fourth-order valence-corrected chi connectivity index (χ4v) is 4.27. The van der Waals surface area contributed by atoms with Crippen LogP contribution in [0.4, 0.5) is 0 Å². The third kappa shape index (κ3) is 5.74. The highest BCUT2D eigenvalue weighted by atomic mass is 127. The van der Waals surface area contributed by atoms with E-state index in [1.807, 2.05) is 19.2 Å². The monoisotopic (exact) mass is 470 g/mol. The van der Waals surface area contributed by atoms with Gasteiger partial charge in [-0.1, -0.05) is 24.3 Å². The number of guanidine groups is 1. The maximum atomic E-state index is 4.71. The summed E-state index contributed by atoms with van der Waals surface area (Å²) in [5, 5.41) is 8.05. The lowest BCUT2D eigenvalue weighted by atomic mass is 10.1. The Balaban J connectivity index is 0.00000225. The summed E-state index contributed by atoms with van der Waals surface area (Å²) in [5.41, 5.74) is 2.17. The van der Waals surface area contributed by atoms with E-state index < -0.39 is 0 Å². The third-order valence-corrected chi connectivity index (χ3v) is 6.02. The molecule has 0 saturated carbocycles. The average Bonchev–Trinajstić information content (AvgIpc) is 3.04. The van der Waals surface area contributed by atoms with Crippen LogP contribution in [0.15, 0.2) is 41.4 Å². The van der Waals surface area contributed by atoms with Crippen molar-refractivity contribution in [3.8, 4) is 0 Å². The van der Waals surface area contributed by atoms with Crippen molar-refractivity contribution in [2.24, 2.45) is 4.99 Å². The fourth-order valence-electron chi connectivity index (χ4n) is 3.02. The zero-order valence-corrected chi connectivity index (χ0v) is 18.1. The van der Waals surface area contributed by atoms with Gasteiger partial charge in [0.15, 0.2) is 5.96 Å². The summed E-state index contributed by atoms with van der Waals surface area (Å²) in [4.78, 5) is 9.04. The van der Waals surface area contributed by atoms with Crippen LogP contribution in [0.5, 0.6) is 0 Å². The van der Waals surface area contributed by atoms with E-state index >= 15 is 0 Å². The highest BCUT2D eigenvalue weighted by Crippen LogP contribution is 2.36. The summed E-state index contributed by atoms with van der Waals surface area (Å²) in [7, 11) is 1.83. The van der Waals surface area contributed by atoms with E-state index in [-0.39, 0.29) is 24.0 Å². The molecule has 4 nitrogen and oxygen atoms in total. The number of fused-ring (bicyclic) bond motifs is 1. The summed E-state index contributed by atoms with van der Waals surface area (Å²) in [6.07, 6.45) is 3.49. The topological polar surface area (TPSA) is 49.3 Å². The van der Waals surface area contributed by atoms with Crippen molar-refractivity contribution < 1.29 is 0 Å². The van der Waals surface area contributed by atoms with Gasteiger partial charge in [-0.15, -0.1) is 24.0 Å². The Kier molecular flexibility index (Phi) is 7.81. The first-order valence-corrected chi connectivity index (χ1v) is 9.60. The van der Waals surface area contributed by atoms with Gasteiger partial charge in [0.2, 0.25) is 0 Å². The maximum absolute atomic E-state index is 4.71. The molecule has 1 aliphatic heterocycles. The molecule has 2 N–H and O–H groups in total. The van der Waals surface area contributed by atoms with E-state index in [1.54, 1.807) is 0 Å². The zero-order chi connectivity index (χ0) is 16.8. The van der Waals surface area contributed by atoms with Gasteiger partial charge in [-0.05, 0) is 37.7 Å². The highest BCUT2D eigenvalue weighted by Gasteiger charge is 2.29. The molecule has 3 rings (SSSR count). The van der Waals surface area contributed by atoms with Crippen LogP contribution in [0.1, 0.15) is 25.5 Å². The van der Waals surface area contributed by atoms with Crippen molar-refractivity contribution in [3.63, 3.8) is 0 Å². The van der Waals surface area contributed by atoms with Crippen LogP contribution in [-0.4, -0.2) is 41.6 Å². The first-order valence-electron chi connectivity index (χ1n) is 8.62. The number of aliphatic imine (C=N–C) groups is 1. The largest absolute Gasteiger partial charge is 0.356 e. The number of hydrogen-bond donors (Lipinski definition) is 2. The lowest BCUT2D eigenvalue weighted by Gasteiger charge is -2.24. The van der Waals surface area contributed by atoms with E-state index in [4.69, 9.17) is 4.98 Å². The zero-order valence-electron chi connectivity index (χ0n) is 14.9. The van der Waals surface area contributed by atoms with E-state index in [0.717, 1.165) is 36.7 Å². The summed E-state index contributed by atoms with van der Waals surface area (Å²) in [6.45, 7) is 4.13. The van der Waals surface area contributed by atoms with E-state index in [9.17, 15) is 0 Å². The fraction of sp³-hybridized carbons (Fsp3) is 0.474. The molecule has 0 radical (unpaired) electrons. The second-order valence-electron chi connectivity index (χ2n) is 6.50. The molecule has 1 aliphatic rings. The Hall–Kier alpha value is -1.02. The van der Waals surface area contributed by atoms with Crippen molar-refractivity contribution in [1.29, 1.82) is 0 Å². The summed E-state index contributed by atoms with van der Waals surface area (Å²) in [6, 6.07) is 12.5. The van der Waals surface area contributed by atoms with Gasteiger partial charge in [0, 0.05) is 42.4 Å². The molecule has 1 fully saturated rings. The number of rotatable bonds is 5. The molecule has 25 heavy (non-hydrogen) atoms. The number of nitrogens with one attached hydrogen (secondary N) is 2. The molecule has 0 amide bonds. The number of thioether (sulfide) groups is 1. The molecule has 0 aliphatic carbocycles. The van der Waals surface area contributed by atoms with Gasteiger partial charge in [-0.2, -0.15) is 11.8 Å². The molecular weight excluding hydrogens is 443 g/mol. The van der Waals surface area contributed by atoms with Gasteiger partial charge in [0.25, 0.3) is 0 Å². The molecule has 1 atom stereocenters. The first-order chi connectivity index (χ1) is 11.7. The smallest absolute Gasteiger partial charge is 0.191 e. The van der Waals surface area contributed by atoms with Crippen LogP contribution in [0.3, 0.4) is 0 Å². The normalized spacial score (nSPS) is 20.3. The molecule has 2 aromatic rings. The minimum absolute atomic E-state index is 0. The van der Waals surface area contributed by atoms with Crippen LogP contribution >= 0.6 is 35.7 Å². The second kappa shape index (κ2) is 9.62. The van der Waals surface area contributed by atoms with Gasteiger partial charge in [0.05, 0.1) is 5.52 Å². The molecule has 0 spiro atoms. The van der Waals surface area contributed by atoms with Crippen LogP contribution in [0.2, 0.25) is 0 Å². The molecule has 6 heteroatoms. The molecule has 1 saturated heterocycles. The van der Waals surface area contributed by atoms with Crippen LogP contribution < -0.4 is 10.6 Å². The van der Waals surface area contributed by atoms with E-state index in [2.05, 4.69) is 58.6 Å². The standard InChI is InChI=1S/C19H26N4S.HI/c1-19(11-5-13-24-19)14-22-18(20-2)21-12-10-16-9-8-15-6-3-4-7-17(15)23-16;/h3-4,6-9H,5,10-14H2,1-2H3,(H2,20,21,22);1H. The third-order valence-electron chi connectivity index (χ3n) is 4.48. The number of pyridine rings is 1.